The molecule has 2 N–H and O–H groups in total. The van der Waals surface area contributed by atoms with Crippen LogP contribution in [0.15, 0.2) is 24.3 Å². The lowest BCUT2D eigenvalue weighted by atomic mass is 9.90. The summed E-state index contributed by atoms with van der Waals surface area (Å²) >= 11 is 0. The molecule has 0 saturated heterocycles. The van der Waals surface area contributed by atoms with E-state index in [-0.39, 0.29) is 11.8 Å². The fourth-order valence-corrected chi connectivity index (χ4v) is 2.63. The van der Waals surface area contributed by atoms with Crippen LogP contribution < -0.4 is 10.6 Å². The van der Waals surface area contributed by atoms with Gasteiger partial charge in [-0.2, -0.15) is 0 Å². The third-order valence-electron chi connectivity index (χ3n) is 3.73. The standard InChI is InChI=1S/C16H24N2O/c1-2-3-4-7-11-18-16(19)14-10-12-17-15-9-6-5-8-13(14)15/h5-6,8-9,14,17H,2-4,7,10-12H2,1H3,(H,18,19). The number of carbonyl (C=O) groups is 1. The first kappa shape index (κ1) is 13.9. The molecule has 2 rings (SSSR count). The summed E-state index contributed by atoms with van der Waals surface area (Å²) in [6, 6.07) is 8.13. The van der Waals surface area contributed by atoms with E-state index >= 15 is 0 Å². The second-order valence-electron chi connectivity index (χ2n) is 5.21. The molecule has 0 fully saturated rings. The summed E-state index contributed by atoms with van der Waals surface area (Å²) in [5.74, 6) is 0.203. The highest BCUT2D eigenvalue weighted by atomic mass is 16.1. The Hall–Kier alpha value is -1.51. The smallest absolute Gasteiger partial charge is 0.227 e. The quantitative estimate of drug-likeness (QED) is 0.771. The Kier molecular flexibility index (Phi) is 5.25. The van der Waals surface area contributed by atoms with Crippen LogP contribution in [0.3, 0.4) is 0 Å². The molecule has 1 aromatic carbocycles. The average molecular weight is 260 g/mol. The Morgan fingerprint density at radius 1 is 1.32 bits per heavy atom. The van der Waals surface area contributed by atoms with Gasteiger partial charge in [-0.3, -0.25) is 4.79 Å². The molecule has 1 aromatic rings. The van der Waals surface area contributed by atoms with Gasteiger partial charge in [0.05, 0.1) is 5.92 Å². The van der Waals surface area contributed by atoms with E-state index in [9.17, 15) is 4.79 Å². The fraction of sp³-hybridized carbons (Fsp3) is 0.562. The largest absolute Gasteiger partial charge is 0.385 e. The van der Waals surface area contributed by atoms with E-state index in [1.165, 1.54) is 19.3 Å². The molecule has 3 heteroatoms. The van der Waals surface area contributed by atoms with Gasteiger partial charge in [0.25, 0.3) is 0 Å². The first-order chi connectivity index (χ1) is 9.33. The molecule has 0 radical (unpaired) electrons. The second kappa shape index (κ2) is 7.17. The minimum absolute atomic E-state index is 0.0172. The zero-order valence-corrected chi connectivity index (χ0v) is 11.7. The maximum Gasteiger partial charge on any atom is 0.227 e. The van der Waals surface area contributed by atoms with E-state index in [0.717, 1.165) is 37.2 Å². The van der Waals surface area contributed by atoms with Crippen LogP contribution >= 0.6 is 0 Å². The number of unbranched alkanes of at least 4 members (excludes halogenated alkanes) is 3. The van der Waals surface area contributed by atoms with Crippen LogP contribution in [-0.2, 0) is 4.79 Å². The van der Waals surface area contributed by atoms with Crippen LogP contribution in [0.5, 0.6) is 0 Å². The van der Waals surface area contributed by atoms with Gasteiger partial charge in [0.1, 0.15) is 0 Å². The van der Waals surface area contributed by atoms with Gasteiger partial charge >= 0.3 is 0 Å². The van der Waals surface area contributed by atoms with Crippen LogP contribution in [0, 0.1) is 0 Å². The van der Waals surface area contributed by atoms with Gasteiger partial charge in [0.15, 0.2) is 0 Å². The van der Waals surface area contributed by atoms with Gasteiger partial charge in [-0.15, -0.1) is 0 Å². The second-order valence-corrected chi connectivity index (χ2v) is 5.21. The molecular formula is C16H24N2O. The van der Waals surface area contributed by atoms with Gasteiger partial charge in [-0.1, -0.05) is 44.4 Å². The fourth-order valence-electron chi connectivity index (χ4n) is 2.63. The van der Waals surface area contributed by atoms with Crippen molar-refractivity contribution in [3.8, 4) is 0 Å². The van der Waals surface area contributed by atoms with Crippen molar-refractivity contribution in [2.75, 3.05) is 18.4 Å². The first-order valence-electron chi connectivity index (χ1n) is 7.43. The van der Waals surface area contributed by atoms with Gasteiger partial charge in [-0.05, 0) is 24.5 Å². The number of para-hydroxylation sites is 1. The van der Waals surface area contributed by atoms with E-state index < -0.39 is 0 Å². The number of rotatable bonds is 6. The Bertz CT molecular complexity index is 417. The van der Waals surface area contributed by atoms with Gasteiger partial charge < -0.3 is 10.6 Å². The third-order valence-corrected chi connectivity index (χ3v) is 3.73. The predicted molar refractivity (Wildman–Crippen MR) is 79.4 cm³/mol. The minimum atomic E-state index is 0.0172. The summed E-state index contributed by atoms with van der Waals surface area (Å²) in [5.41, 5.74) is 2.25. The summed E-state index contributed by atoms with van der Waals surface area (Å²) in [5, 5.41) is 6.44. The van der Waals surface area contributed by atoms with Gasteiger partial charge in [0.2, 0.25) is 5.91 Å². The van der Waals surface area contributed by atoms with E-state index in [0.29, 0.717) is 0 Å². The number of nitrogens with one attached hydrogen (secondary N) is 2. The van der Waals surface area contributed by atoms with Crippen molar-refractivity contribution in [1.82, 2.24) is 5.32 Å². The molecule has 0 spiro atoms. The van der Waals surface area contributed by atoms with Crippen molar-refractivity contribution < 1.29 is 4.79 Å². The molecule has 0 saturated carbocycles. The molecule has 1 amide bonds. The highest BCUT2D eigenvalue weighted by Crippen LogP contribution is 2.31. The summed E-state index contributed by atoms with van der Waals surface area (Å²) in [4.78, 5) is 12.3. The number of hydrogen-bond donors (Lipinski definition) is 2. The van der Waals surface area contributed by atoms with Crippen LogP contribution in [0.4, 0.5) is 5.69 Å². The SMILES string of the molecule is CCCCCCNC(=O)C1CCNc2ccccc21. The Balaban J connectivity index is 1.86. The maximum atomic E-state index is 12.3. The van der Waals surface area contributed by atoms with Crippen molar-refractivity contribution >= 4 is 11.6 Å². The van der Waals surface area contributed by atoms with Crippen molar-refractivity contribution in [2.24, 2.45) is 0 Å². The van der Waals surface area contributed by atoms with Gasteiger partial charge in [-0.25, -0.2) is 0 Å². The predicted octanol–water partition coefficient (Wildman–Crippen LogP) is 3.28. The molecule has 0 aromatic heterocycles. The summed E-state index contributed by atoms with van der Waals surface area (Å²) in [7, 11) is 0. The highest BCUT2D eigenvalue weighted by Gasteiger charge is 2.25. The Morgan fingerprint density at radius 2 is 2.16 bits per heavy atom. The molecule has 0 bridgehead atoms. The number of carbonyl (C=O) groups excluding carboxylic acids is 1. The summed E-state index contributed by atoms with van der Waals surface area (Å²) in [6.07, 6.45) is 5.67. The Labute approximate surface area is 115 Å². The average Bonchev–Trinajstić information content (AvgIpc) is 2.46. The van der Waals surface area contributed by atoms with E-state index in [1.807, 2.05) is 12.1 Å². The van der Waals surface area contributed by atoms with E-state index in [1.54, 1.807) is 0 Å². The molecular weight excluding hydrogens is 236 g/mol. The number of benzene rings is 1. The van der Waals surface area contributed by atoms with Crippen LogP contribution in [0.25, 0.3) is 0 Å². The molecule has 104 valence electrons. The minimum Gasteiger partial charge on any atom is -0.385 e. The highest BCUT2D eigenvalue weighted by molar-refractivity contribution is 5.86. The molecule has 1 aliphatic rings. The molecule has 3 nitrogen and oxygen atoms in total. The molecule has 1 atom stereocenters. The summed E-state index contributed by atoms with van der Waals surface area (Å²) in [6.45, 7) is 3.89. The maximum absolute atomic E-state index is 12.3. The Morgan fingerprint density at radius 3 is 3.00 bits per heavy atom. The van der Waals surface area contributed by atoms with Crippen molar-refractivity contribution in [3.63, 3.8) is 0 Å². The lowest BCUT2D eigenvalue weighted by Gasteiger charge is -2.25. The molecule has 19 heavy (non-hydrogen) atoms. The number of fused-ring (bicyclic) bond motifs is 1. The molecule has 1 unspecified atom stereocenters. The lowest BCUT2D eigenvalue weighted by molar-refractivity contribution is -0.122. The molecule has 1 heterocycles. The number of amides is 1. The topological polar surface area (TPSA) is 41.1 Å². The van der Waals surface area contributed by atoms with Crippen molar-refractivity contribution in [2.45, 2.75) is 44.9 Å². The van der Waals surface area contributed by atoms with Crippen molar-refractivity contribution in [1.29, 1.82) is 0 Å². The lowest BCUT2D eigenvalue weighted by Crippen LogP contribution is -2.33. The van der Waals surface area contributed by atoms with Crippen LogP contribution in [-0.4, -0.2) is 19.0 Å². The van der Waals surface area contributed by atoms with E-state index in [2.05, 4.69) is 29.7 Å². The van der Waals surface area contributed by atoms with Crippen LogP contribution in [0.2, 0.25) is 0 Å². The number of anilines is 1. The zero-order valence-electron chi connectivity index (χ0n) is 11.7. The van der Waals surface area contributed by atoms with Crippen LogP contribution in [0.1, 0.15) is 50.5 Å². The third kappa shape index (κ3) is 3.72. The molecule has 0 aliphatic carbocycles. The van der Waals surface area contributed by atoms with Crippen molar-refractivity contribution in [3.05, 3.63) is 29.8 Å². The first-order valence-corrected chi connectivity index (χ1v) is 7.43. The molecule has 1 aliphatic heterocycles. The zero-order chi connectivity index (χ0) is 13.5. The summed E-state index contributed by atoms with van der Waals surface area (Å²) < 4.78 is 0. The van der Waals surface area contributed by atoms with Gasteiger partial charge in [0, 0.05) is 18.8 Å². The normalized spacial score (nSPS) is 17.4. The number of hydrogen-bond acceptors (Lipinski definition) is 2. The monoisotopic (exact) mass is 260 g/mol. The van der Waals surface area contributed by atoms with E-state index in [4.69, 9.17) is 0 Å².